The van der Waals surface area contributed by atoms with Gasteiger partial charge in [-0.25, -0.2) is 0 Å². The molecule has 5 nitrogen and oxygen atoms in total. The summed E-state index contributed by atoms with van der Waals surface area (Å²) in [6, 6.07) is 19.5. The van der Waals surface area contributed by atoms with E-state index >= 15 is 0 Å². The number of fused-ring (bicyclic) bond motifs is 1. The van der Waals surface area contributed by atoms with Crippen LogP contribution < -0.4 is 14.2 Å². The number of carbonyl (C=O) groups excluding carboxylic acids is 1. The van der Waals surface area contributed by atoms with E-state index in [0.29, 0.717) is 23.8 Å². The molecular weight excluding hydrogens is 354 g/mol. The van der Waals surface area contributed by atoms with Crippen LogP contribution in [0.15, 0.2) is 60.7 Å². The molecule has 0 aromatic heterocycles. The Morgan fingerprint density at radius 3 is 2.36 bits per heavy atom. The number of nitrogens with zero attached hydrogens (tertiary/aromatic N) is 1. The maximum atomic E-state index is 12.7. The second kappa shape index (κ2) is 8.65. The summed E-state index contributed by atoms with van der Waals surface area (Å²) in [4.78, 5) is 14.4. The van der Waals surface area contributed by atoms with Gasteiger partial charge in [0.25, 0.3) is 5.91 Å². The van der Waals surface area contributed by atoms with Crippen molar-refractivity contribution in [3.05, 3.63) is 66.2 Å². The lowest BCUT2D eigenvalue weighted by Crippen LogP contribution is -2.37. The highest BCUT2D eigenvalue weighted by molar-refractivity contribution is 5.84. The van der Waals surface area contributed by atoms with Crippen molar-refractivity contribution < 1.29 is 19.0 Å². The molecule has 0 saturated carbocycles. The number of hydrogen-bond donors (Lipinski definition) is 0. The highest BCUT2D eigenvalue weighted by Gasteiger charge is 2.20. The molecule has 0 aliphatic heterocycles. The Morgan fingerprint density at radius 2 is 1.64 bits per heavy atom. The molecular formula is C23H25NO4. The molecule has 0 radical (unpaired) electrons. The summed E-state index contributed by atoms with van der Waals surface area (Å²) in [6.45, 7) is 2.22. The average Bonchev–Trinajstić information content (AvgIpc) is 2.72. The van der Waals surface area contributed by atoms with Crippen molar-refractivity contribution in [3.8, 4) is 17.2 Å². The van der Waals surface area contributed by atoms with E-state index in [2.05, 4.69) is 0 Å². The third-order valence-corrected chi connectivity index (χ3v) is 4.63. The first kappa shape index (κ1) is 19.5. The van der Waals surface area contributed by atoms with E-state index < -0.39 is 6.10 Å². The molecule has 3 aromatic rings. The number of likely N-dealkylation sites (N-methyl/N-ethyl adjacent to an activating group) is 1. The van der Waals surface area contributed by atoms with E-state index in [0.717, 1.165) is 16.3 Å². The first-order chi connectivity index (χ1) is 13.5. The molecule has 3 rings (SSSR count). The van der Waals surface area contributed by atoms with Gasteiger partial charge in [-0.3, -0.25) is 4.79 Å². The van der Waals surface area contributed by atoms with E-state index in [4.69, 9.17) is 14.2 Å². The third kappa shape index (κ3) is 4.36. The van der Waals surface area contributed by atoms with Crippen LogP contribution in [0.1, 0.15) is 12.5 Å². The number of carbonyl (C=O) groups is 1. The van der Waals surface area contributed by atoms with Crippen LogP contribution >= 0.6 is 0 Å². The molecule has 0 heterocycles. The number of ether oxygens (including phenoxy) is 3. The van der Waals surface area contributed by atoms with Gasteiger partial charge in [0.1, 0.15) is 5.75 Å². The number of benzene rings is 3. The van der Waals surface area contributed by atoms with Gasteiger partial charge in [0.15, 0.2) is 17.6 Å². The molecule has 0 aliphatic rings. The topological polar surface area (TPSA) is 48.0 Å². The van der Waals surface area contributed by atoms with Gasteiger partial charge in [-0.1, -0.05) is 36.4 Å². The minimum Gasteiger partial charge on any atom is -0.493 e. The Morgan fingerprint density at radius 1 is 0.929 bits per heavy atom. The van der Waals surface area contributed by atoms with Gasteiger partial charge in [-0.2, -0.15) is 0 Å². The van der Waals surface area contributed by atoms with Crippen molar-refractivity contribution in [1.29, 1.82) is 0 Å². The largest absolute Gasteiger partial charge is 0.493 e. The Kier molecular flexibility index (Phi) is 6.04. The van der Waals surface area contributed by atoms with Crippen LogP contribution in [0.2, 0.25) is 0 Å². The van der Waals surface area contributed by atoms with E-state index in [1.54, 1.807) is 33.1 Å². The lowest BCUT2D eigenvalue weighted by molar-refractivity contribution is -0.137. The van der Waals surface area contributed by atoms with Crippen molar-refractivity contribution in [3.63, 3.8) is 0 Å². The average molecular weight is 379 g/mol. The van der Waals surface area contributed by atoms with E-state index in [9.17, 15) is 4.79 Å². The molecule has 0 spiro atoms. The Balaban J connectivity index is 1.66. The van der Waals surface area contributed by atoms with E-state index in [-0.39, 0.29) is 5.91 Å². The van der Waals surface area contributed by atoms with Crippen LogP contribution in [0.5, 0.6) is 17.2 Å². The van der Waals surface area contributed by atoms with Crippen molar-refractivity contribution in [2.24, 2.45) is 0 Å². The summed E-state index contributed by atoms with van der Waals surface area (Å²) >= 11 is 0. The second-order valence-electron chi connectivity index (χ2n) is 6.65. The van der Waals surface area contributed by atoms with Gasteiger partial charge >= 0.3 is 0 Å². The Hall–Kier alpha value is -3.21. The smallest absolute Gasteiger partial charge is 0.263 e. The lowest BCUT2D eigenvalue weighted by atomic mass is 10.1. The first-order valence-corrected chi connectivity index (χ1v) is 9.13. The lowest BCUT2D eigenvalue weighted by Gasteiger charge is -2.23. The summed E-state index contributed by atoms with van der Waals surface area (Å²) in [5.41, 5.74) is 0.950. The summed E-state index contributed by atoms with van der Waals surface area (Å²) in [6.07, 6.45) is -0.591. The Labute approximate surface area is 165 Å². The molecule has 0 saturated heterocycles. The number of methoxy groups -OCH3 is 2. The zero-order valence-electron chi connectivity index (χ0n) is 16.6. The summed E-state index contributed by atoms with van der Waals surface area (Å²) < 4.78 is 16.5. The zero-order valence-corrected chi connectivity index (χ0v) is 16.6. The molecule has 3 aromatic carbocycles. The summed E-state index contributed by atoms with van der Waals surface area (Å²) in [5, 5.41) is 2.22. The molecule has 0 N–H and O–H groups in total. The third-order valence-electron chi connectivity index (χ3n) is 4.63. The van der Waals surface area contributed by atoms with E-state index in [1.165, 1.54) is 0 Å². The fourth-order valence-corrected chi connectivity index (χ4v) is 3.14. The van der Waals surface area contributed by atoms with Gasteiger partial charge in [-0.05, 0) is 47.5 Å². The molecule has 1 atom stereocenters. The standard InChI is InChI=1S/C23H25NO4/c1-16(28-20-11-10-18-7-5-6-8-19(18)14-20)23(25)24(2)15-17-9-12-21(26-3)22(13-17)27-4/h5-14,16H,15H2,1-4H3/t16-/m1/s1. The van der Waals surface area contributed by atoms with Crippen LogP contribution in [0, 0.1) is 0 Å². The minimum absolute atomic E-state index is 0.0945. The predicted molar refractivity (Wildman–Crippen MR) is 110 cm³/mol. The van der Waals surface area contributed by atoms with Gasteiger partial charge in [0.2, 0.25) is 0 Å². The van der Waals surface area contributed by atoms with Crippen LogP contribution in [0.25, 0.3) is 10.8 Å². The molecule has 0 aliphatic carbocycles. The monoisotopic (exact) mass is 379 g/mol. The summed E-state index contributed by atoms with van der Waals surface area (Å²) in [7, 11) is 4.95. The van der Waals surface area contributed by atoms with Gasteiger partial charge in [0.05, 0.1) is 14.2 Å². The highest BCUT2D eigenvalue weighted by atomic mass is 16.5. The van der Waals surface area contributed by atoms with Crippen molar-refractivity contribution in [2.75, 3.05) is 21.3 Å². The molecule has 0 unspecified atom stereocenters. The fraction of sp³-hybridized carbons (Fsp3) is 0.261. The van der Waals surface area contributed by atoms with Gasteiger partial charge < -0.3 is 19.1 Å². The maximum absolute atomic E-state index is 12.7. The normalized spacial score (nSPS) is 11.7. The number of rotatable bonds is 7. The van der Waals surface area contributed by atoms with Crippen LogP contribution in [-0.4, -0.2) is 38.2 Å². The second-order valence-corrected chi connectivity index (χ2v) is 6.65. The molecule has 1 amide bonds. The van der Waals surface area contributed by atoms with Crippen molar-refractivity contribution >= 4 is 16.7 Å². The zero-order chi connectivity index (χ0) is 20.1. The number of hydrogen-bond acceptors (Lipinski definition) is 4. The minimum atomic E-state index is -0.591. The summed E-state index contributed by atoms with van der Waals surface area (Å²) in [5.74, 6) is 1.89. The Bertz CT molecular complexity index is 970. The molecule has 0 fully saturated rings. The van der Waals surface area contributed by atoms with Gasteiger partial charge in [0, 0.05) is 13.6 Å². The van der Waals surface area contributed by atoms with E-state index in [1.807, 2.05) is 60.7 Å². The SMILES string of the molecule is COc1ccc(CN(C)C(=O)[C@@H](C)Oc2ccc3ccccc3c2)cc1OC. The van der Waals surface area contributed by atoms with Crippen molar-refractivity contribution in [2.45, 2.75) is 19.6 Å². The van der Waals surface area contributed by atoms with Crippen LogP contribution in [0.3, 0.4) is 0 Å². The predicted octanol–water partition coefficient (Wildman–Crippen LogP) is 4.28. The molecule has 5 heteroatoms. The fourth-order valence-electron chi connectivity index (χ4n) is 3.14. The highest BCUT2D eigenvalue weighted by Crippen LogP contribution is 2.28. The molecule has 146 valence electrons. The van der Waals surface area contributed by atoms with Crippen LogP contribution in [0.4, 0.5) is 0 Å². The number of amides is 1. The first-order valence-electron chi connectivity index (χ1n) is 9.13. The van der Waals surface area contributed by atoms with Crippen molar-refractivity contribution in [1.82, 2.24) is 4.90 Å². The van der Waals surface area contributed by atoms with Gasteiger partial charge in [-0.15, -0.1) is 0 Å². The molecule has 28 heavy (non-hydrogen) atoms. The maximum Gasteiger partial charge on any atom is 0.263 e. The van der Waals surface area contributed by atoms with Crippen LogP contribution in [-0.2, 0) is 11.3 Å². The quantitative estimate of drug-likeness (QED) is 0.615. The molecule has 0 bridgehead atoms.